The Hall–Kier alpha value is -4.46. The molecule has 4 aromatic rings. The maximum atomic E-state index is 14.0. The predicted molar refractivity (Wildman–Crippen MR) is 170 cm³/mol. The number of nitrogens with zero attached hydrogens (tertiary/aromatic N) is 4. The molecule has 4 heterocycles. The quantitative estimate of drug-likeness (QED) is 0.130. The largest absolute Gasteiger partial charge is 0.436 e. The highest BCUT2D eigenvalue weighted by molar-refractivity contribution is 7.97. The number of benzene rings is 1. The fraction of sp³-hybridized carbons (Fsp3) is 0.281. The van der Waals surface area contributed by atoms with E-state index < -0.39 is 5.82 Å². The summed E-state index contributed by atoms with van der Waals surface area (Å²) >= 11 is 1.45. The van der Waals surface area contributed by atoms with Gasteiger partial charge in [0.2, 0.25) is 11.7 Å². The molecule has 1 unspecified atom stereocenters. The maximum absolute atomic E-state index is 14.0. The summed E-state index contributed by atoms with van der Waals surface area (Å²) in [4.78, 5) is 23.6. The molecule has 0 radical (unpaired) electrons. The first kappa shape index (κ1) is 30.6. The lowest BCUT2D eigenvalue weighted by molar-refractivity contribution is 0.0350. The van der Waals surface area contributed by atoms with E-state index in [-0.39, 0.29) is 41.5 Å². The highest BCUT2D eigenvalue weighted by Gasteiger charge is 2.23. The maximum Gasteiger partial charge on any atom is 0.219 e. The molecule has 0 spiro atoms. The Labute approximate surface area is 262 Å². The van der Waals surface area contributed by atoms with E-state index >= 15 is 0 Å². The van der Waals surface area contributed by atoms with Gasteiger partial charge in [-0.2, -0.15) is 5.10 Å². The number of para-hydroxylation sites is 1. The van der Waals surface area contributed by atoms with E-state index in [4.69, 9.17) is 15.2 Å². The van der Waals surface area contributed by atoms with Gasteiger partial charge in [-0.25, -0.2) is 14.1 Å². The van der Waals surface area contributed by atoms with E-state index in [1.165, 1.54) is 41.2 Å². The van der Waals surface area contributed by atoms with Gasteiger partial charge in [0, 0.05) is 42.0 Å². The number of aromatic amines is 1. The predicted octanol–water partition coefficient (Wildman–Crippen LogP) is 3.41. The van der Waals surface area contributed by atoms with Crippen LogP contribution in [0.5, 0.6) is 11.6 Å². The fourth-order valence-corrected chi connectivity index (χ4v) is 5.86. The number of nitrogens with two attached hydrogens (primary N) is 1. The number of alkyl halides is 1. The van der Waals surface area contributed by atoms with Gasteiger partial charge in [0.15, 0.2) is 11.6 Å². The molecule has 2 aliphatic rings. The van der Waals surface area contributed by atoms with Gasteiger partial charge in [-0.05, 0) is 54.5 Å². The number of aryl methyl sites for hydroxylation is 1. The van der Waals surface area contributed by atoms with Gasteiger partial charge in [0.1, 0.15) is 5.82 Å². The first-order chi connectivity index (χ1) is 21.9. The van der Waals surface area contributed by atoms with Gasteiger partial charge in [-0.3, -0.25) is 14.1 Å². The SMILES string of the molecule is Cc1cc(Oc2ccccc2F)ncc1-n1ncc(C(=O)c2cc3c([nH]2)=CC(NSCCCF)=CC(N2CCOCC2)C=3)c1N. The lowest BCUT2D eigenvalue weighted by Gasteiger charge is -2.31. The van der Waals surface area contributed by atoms with Crippen LogP contribution < -0.4 is 25.8 Å². The number of pyridine rings is 1. The number of rotatable bonds is 11. The summed E-state index contributed by atoms with van der Waals surface area (Å²) in [7, 11) is 0. The summed E-state index contributed by atoms with van der Waals surface area (Å²) in [6.45, 7) is 4.33. The van der Waals surface area contributed by atoms with E-state index in [1.807, 2.05) is 19.1 Å². The Kier molecular flexibility index (Phi) is 9.29. The second kappa shape index (κ2) is 13.7. The molecule has 1 atom stereocenters. The number of ether oxygens (including phenoxy) is 2. The highest BCUT2D eigenvalue weighted by atomic mass is 32.2. The number of fused-ring (bicyclic) bond motifs is 1. The van der Waals surface area contributed by atoms with E-state index in [0.717, 1.165) is 29.4 Å². The van der Waals surface area contributed by atoms with Crippen LogP contribution in [0.2, 0.25) is 0 Å². The number of nitrogens with one attached hydrogen (secondary N) is 2. The van der Waals surface area contributed by atoms with Crippen LogP contribution >= 0.6 is 11.9 Å². The Morgan fingerprint density at radius 1 is 1.22 bits per heavy atom. The van der Waals surface area contributed by atoms with Crippen LogP contribution in [0, 0.1) is 12.7 Å². The molecule has 0 amide bonds. The zero-order valence-corrected chi connectivity index (χ0v) is 25.4. The molecule has 1 aliphatic carbocycles. The van der Waals surface area contributed by atoms with E-state index in [2.05, 4.69) is 36.8 Å². The van der Waals surface area contributed by atoms with Crippen molar-refractivity contribution >= 4 is 35.7 Å². The van der Waals surface area contributed by atoms with Gasteiger partial charge in [0.25, 0.3) is 0 Å². The van der Waals surface area contributed by atoms with Crippen LogP contribution in [0.25, 0.3) is 17.8 Å². The third kappa shape index (κ3) is 6.80. The van der Waals surface area contributed by atoms with Crippen LogP contribution in [-0.2, 0) is 4.74 Å². The summed E-state index contributed by atoms with van der Waals surface area (Å²) in [5.41, 5.74) is 9.20. The Morgan fingerprint density at radius 2 is 2.04 bits per heavy atom. The van der Waals surface area contributed by atoms with Crippen molar-refractivity contribution in [2.75, 3.05) is 44.5 Å². The second-order valence-electron chi connectivity index (χ2n) is 10.6. The number of morpholine rings is 1. The molecule has 1 fully saturated rings. The molecule has 0 bridgehead atoms. The topological polar surface area (TPSA) is 123 Å². The Balaban J connectivity index is 1.27. The summed E-state index contributed by atoms with van der Waals surface area (Å²) in [5.74, 6) is 0.259. The number of carbonyl (C=O) groups is 1. The highest BCUT2D eigenvalue weighted by Crippen LogP contribution is 2.27. The van der Waals surface area contributed by atoms with Gasteiger partial charge in [-0.15, -0.1) is 0 Å². The molecule has 4 N–H and O–H groups in total. The Morgan fingerprint density at radius 3 is 2.82 bits per heavy atom. The summed E-state index contributed by atoms with van der Waals surface area (Å²) in [6, 6.07) is 9.53. The molecule has 10 nitrogen and oxygen atoms in total. The number of allylic oxidation sites excluding steroid dienone is 1. The zero-order chi connectivity index (χ0) is 31.3. The summed E-state index contributed by atoms with van der Waals surface area (Å²) in [5, 5.41) is 6.04. The standard InChI is InChI=1S/C32H33F2N7O3S/c1-20-13-30(44-29-6-3-2-5-25(29)34)36-19-28(20)41-32(35)24(18-37-41)31(42)27-15-21-14-23(40-8-10-43-11-9-40)16-22(17-26(21)38-27)39-45-12-4-7-33/h2-3,5-6,13-19,23,38-39H,4,7-12,35H2,1H3. The van der Waals surface area contributed by atoms with Crippen molar-refractivity contribution in [1.29, 1.82) is 0 Å². The van der Waals surface area contributed by atoms with E-state index in [0.29, 0.717) is 42.3 Å². The number of anilines is 1. The monoisotopic (exact) mass is 633 g/mol. The van der Waals surface area contributed by atoms with Crippen molar-refractivity contribution in [1.82, 2.24) is 29.4 Å². The lowest BCUT2D eigenvalue weighted by Crippen LogP contribution is -2.42. The number of H-pyrrole nitrogens is 1. The average molecular weight is 634 g/mol. The number of halogens is 2. The first-order valence-electron chi connectivity index (χ1n) is 14.6. The van der Waals surface area contributed by atoms with Crippen LogP contribution in [0.15, 0.2) is 60.6 Å². The number of hydrogen-bond donors (Lipinski definition) is 3. The summed E-state index contributed by atoms with van der Waals surface area (Å²) in [6.07, 6.45) is 9.63. The van der Waals surface area contributed by atoms with Gasteiger partial charge < -0.3 is 24.9 Å². The smallest absolute Gasteiger partial charge is 0.219 e. The molecular weight excluding hydrogens is 600 g/mol. The van der Waals surface area contributed by atoms with Gasteiger partial charge >= 0.3 is 0 Å². The number of ketones is 1. The van der Waals surface area contributed by atoms with Crippen molar-refractivity contribution in [3.8, 4) is 17.3 Å². The molecule has 1 saturated heterocycles. The molecule has 0 saturated carbocycles. The third-order valence-electron chi connectivity index (χ3n) is 7.55. The average Bonchev–Trinajstić information content (AvgIpc) is 3.58. The Bertz CT molecular complexity index is 1850. The van der Waals surface area contributed by atoms with Crippen molar-refractivity contribution in [2.24, 2.45) is 0 Å². The van der Waals surface area contributed by atoms with E-state index in [9.17, 15) is 13.6 Å². The zero-order valence-electron chi connectivity index (χ0n) is 24.6. The fourth-order valence-electron chi connectivity index (χ4n) is 5.21. The minimum absolute atomic E-state index is 0.0249. The number of nitrogen functional groups attached to an aromatic ring is 1. The van der Waals surface area contributed by atoms with Gasteiger partial charge in [0.05, 0.1) is 49.2 Å². The first-order valence-corrected chi connectivity index (χ1v) is 15.6. The van der Waals surface area contributed by atoms with Crippen LogP contribution in [0.4, 0.5) is 14.6 Å². The molecule has 45 heavy (non-hydrogen) atoms. The van der Waals surface area contributed by atoms with Crippen molar-refractivity contribution in [2.45, 2.75) is 19.4 Å². The molecular formula is C32H33F2N7O3S. The third-order valence-corrected chi connectivity index (χ3v) is 8.42. The lowest BCUT2D eigenvalue weighted by atomic mass is 10.1. The summed E-state index contributed by atoms with van der Waals surface area (Å²) < 4.78 is 42.6. The minimum Gasteiger partial charge on any atom is -0.436 e. The second-order valence-corrected chi connectivity index (χ2v) is 11.5. The molecule has 6 rings (SSSR count). The minimum atomic E-state index is -0.495. The van der Waals surface area contributed by atoms with Crippen molar-refractivity contribution in [3.63, 3.8) is 0 Å². The normalized spacial score (nSPS) is 16.6. The van der Waals surface area contributed by atoms with Crippen LogP contribution in [0.1, 0.15) is 28.0 Å². The molecule has 3 aromatic heterocycles. The van der Waals surface area contributed by atoms with Gasteiger partial charge in [-0.1, -0.05) is 30.2 Å². The molecule has 234 valence electrons. The molecule has 13 heteroatoms. The number of hydrogen-bond acceptors (Lipinski definition) is 9. The van der Waals surface area contributed by atoms with E-state index in [1.54, 1.807) is 18.2 Å². The van der Waals surface area contributed by atoms with Crippen molar-refractivity contribution in [3.05, 3.63) is 93.8 Å². The number of aromatic nitrogens is 4. The molecule has 1 aliphatic heterocycles. The number of carbonyl (C=O) groups excluding carboxylic acids is 1. The van der Waals surface area contributed by atoms with Crippen LogP contribution in [-0.4, -0.2) is 75.2 Å². The van der Waals surface area contributed by atoms with Crippen LogP contribution in [0.3, 0.4) is 0 Å². The van der Waals surface area contributed by atoms with Crippen molar-refractivity contribution < 1.29 is 23.0 Å². The molecule has 1 aromatic carbocycles.